The Morgan fingerprint density at radius 3 is 2.58 bits per heavy atom. The van der Waals surface area contributed by atoms with Gasteiger partial charge in [0.2, 0.25) is 0 Å². The van der Waals surface area contributed by atoms with Gasteiger partial charge in [0.25, 0.3) is 0 Å². The third-order valence-corrected chi connectivity index (χ3v) is 3.56. The van der Waals surface area contributed by atoms with Gasteiger partial charge in [-0.2, -0.15) is 5.10 Å². The summed E-state index contributed by atoms with van der Waals surface area (Å²) in [7, 11) is 0. The Kier molecular flexibility index (Phi) is 7.77. The van der Waals surface area contributed by atoms with E-state index in [1.807, 2.05) is 54.6 Å². The first-order chi connectivity index (χ1) is 11.8. The highest BCUT2D eigenvalue weighted by molar-refractivity contribution is 7.80. The lowest BCUT2D eigenvalue weighted by molar-refractivity contribution is 0.309. The molecule has 5 heteroatoms. The smallest absolute Gasteiger partial charge is 0.187 e. The first-order valence-electron chi connectivity index (χ1n) is 8.11. The molecule has 0 aliphatic heterocycles. The van der Waals surface area contributed by atoms with Gasteiger partial charge in [0, 0.05) is 6.54 Å². The summed E-state index contributed by atoms with van der Waals surface area (Å²) in [6, 6.07) is 17.9. The molecule has 0 aliphatic rings. The Balaban J connectivity index is 1.71. The van der Waals surface area contributed by atoms with Gasteiger partial charge in [0.15, 0.2) is 5.11 Å². The molecule has 0 unspecified atom stereocenters. The molecular weight excluding hydrogens is 318 g/mol. The molecule has 0 atom stereocenters. The molecule has 126 valence electrons. The van der Waals surface area contributed by atoms with Crippen molar-refractivity contribution in [1.29, 1.82) is 0 Å². The zero-order valence-corrected chi connectivity index (χ0v) is 14.7. The molecule has 0 spiro atoms. The van der Waals surface area contributed by atoms with Crippen molar-refractivity contribution in [1.82, 2.24) is 10.7 Å². The van der Waals surface area contributed by atoms with Gasteiger partial charge in [-0.15, -0.1) is 0 Å². The number of ether oxygens (including phenoxy) is 1. The minimum Gasteiger partial charge on any atom is -0.494 e. The third-order valence-electron chi connectivity index (χ3n) is 3.32. The highest BCUT2D eigenvalue weighted by Gasteiger charge is 1.96. The number of thiocarbonyl (C=S) groups is 1. The Morgan fingerprint density at radius 2 is 1.88 bits per heavy atom. The average Bonchev–Trinajstić information content (AvgIpc) is 2.62. The highest BCUT2D eigenvalue weighted by Crippen LogP contribution is 2.11. The van der Waals surface area contributed by atoms with Crippen molar-refractivity contribution in [3.05, 3.63) is 65.7 Å². The summed E-state index contributed by atoms with van der Waals surface area (Å²) in [5.41, 5.74) is 4.97. The van der Waals surface area contributed by atoms with Crippen LogP contribution < -0.4 is 15.5 Å². The summed E-state index contributed by atoms with van der Waals surface area (Å²) >= 11 is 5.19. The van der Waals surface area contributed by atoms with E-state index in [0.717, 1.165) is 30.8 Å². The van der Waals surface area contributed by atoms with Crippen LogP contribution in [-0.2, 0) is 6.54 Å². The van der Waals surface area contributed by atoms with E-state index >= 15 is 0 Å². The molecular formula is C19H23N3OS. The number of nitrogens with one attached hydrogen (secondary N) is 2. The Morgan fingerprint density at radius 1 is 1.12 bits per heavy atom. The van der Waals surface area contributed by atoms with Gasteiger partial charge in [-0.05, 0) is 54.0 Å². The summed E-state index contributed by atoms with van der Waals surface area (Å²) in [5.74, 6) is 0.883. The summed E-state index contributed by atoms with van der Waals surface area (Å²) in [4.78, 5) is 0. The number of rotatable bonds is 8. The normalized spacial score (nSPS) is 10.5. The molecule has 0 amide bonds. The molecule has 0 saturated carbocycles. The van der Waals surface area contributed by atoms with Crippen molar-refractivity contribution >= 4 is 23.5 Å². The van der Waals surface area contributed by atoms with Crippen LogP contribution in [0.4, 0.5) is 0 Å². The highest BCUT2D eigenvalue weighted by atomic mass is 32.1. The second-order valence-corrected chi connectivity index (χ2v) is 5.72. The molecule has 2 aromatic rings. The number of nitrogens with zero attached hydrogens (tertiary/aromatic N) is 1. The zero-order valence-electron chi connectivity index (χ0n) is 13.9. The number of benzene rings is 2. The van der Waals surface area contributed by atoms with Gasteiger partial charge in [0.05, 0.1) is 12.8 Å². The molecule has 0 radical (unpaired) electrons. The second kappa shape index (κ2) is 10.4. The second-order valence-electron chi connectivity index (χ2n) is 5.31. The van der Waals surface area contributed by atoms with Crippen LogP contribution in [0.3, 0.4) is 0 Å². The Bertz CT molecular complexity index is 641. The summed E-state index contributed by atoms with van der Waals surface area (Å²) in [6.45, 7) is 3.58. The van der Waals surface area contributed by atoms with E-state index in [2.05, 4.69) is 22.8 Å². The molecule has 2 aromatic carbocycles. The van der Waals surface area contributed by atoms with Gasteiger partial charge in [-0.3, -0.25) is 5.43 Å². The van der Waals surface area contributed by atoms with Crippen LogP contribution in [0.5, 0.6) is 5.75 Å². The largest absolute Gasteiger partial charge is 0.494 e. The molecule has 24 heavy (non-hydrogen) atoms. The SMILES string of the molecule is CCCCOc1ccc(/C=N/NC(=S)NCc2ccccc2)cc1. The van der Waals surface area contributed by atoms with Crippen LogP contribution in [0.2, 0.25) is 0 Å². The summed E-state index contributed by atoms with van der Waals surface area (Å²) in [6.07, 6.45) is 3.93. The molecule has 0 aliphatic carbocycles. The topological polar surface area (TPSA) is 45.6 Å². The van der Waals surface area contributed by atoms with Crippen LogP contribution in [0.25, 0.3) is 0 Å². The van der Waals surface area contributed by atoms with E-state index in [-0.39, 0.29) is 0 Å². The number of hydrogen-bond donors (Lipinski definition) is 2. The summed E-state index contributed by atoms with van der Waals surface area (Å²) in [5, 5.41) is 7.74. The Labute approximate surface area is 148 Å². The van der Waals surface area contributed by atoms with Crippen LogP contribution in [0, 0.1) is 0 Å². The monoisotopic (exact) mass is 341 g/mol. The number of unbranched alkanes of at least 4 members (excludes halogenated alkanes) is 1. The van der Waals surface area contributed by atoms with E-state index in [9.17, 15) is 0 Å². The lowest BCUT2D eigenvalue weighted by Crippen LogP contribution is -2.31. The fourth-order valence-electron chi connectivity index (χ4n) is 1.97. The quantitative estimate of drug-likeness (QED) is 0.331. The average molecular weight is 341 g/mol. The van der Waals surface area contributed by atoms with E-state index < -0.39 is 0 Å². The molecule has 0 saturated heterocycles. The molecule has 0 fully saturated rings. The third kappa shape index (κ3) is 6.79. The van der Waals surface area contributed by atoms with Crippen molar-refractivity contribution in [2.24, 2.45) is 5.10 Å². The van der Waals surface area contributed by atoms with Crippen molar-refractivity contribution < 1.29 is 4.74 Å². The summed E-state index contributed by atoms with van der Waals surface area (Å²) < 4.78 is 5.63. The van der Waals surface area contributed by atoms with E-state index in [4.69, 9.17) is 17.0 Å². The zero-order chi connectivity index (χ0) is 17.0. The van der Waals surface area contributed by atoms with Crippen LogP contribution >= 0.6 is 12.2 Å². The fraction of sp³-hybridized carbons (Fsp3) is 0.263. The minimum atomic E-state index is 0.495. The standard InChI is InChI=1S/C19H23N3OS/c1-2-3-13-23-18-11-9-17(10-12-18)15-21-22-19(24)20-14-16-7-5-4-6-8-16/h4-12,15H,2-3,13-14H2,1H3,(H2,20,22,24)/b21-15+. The lowest BCUT2D eigenvalue weighted by Gasteiger charge is -2.07. The molecule has 0 aromatic heterocycles. The van der Waals surface area contributed by atoms with Crippen molar-refractivity contribution in [2.45, 2.75) is 26.3 Å². The van der Waals surface area contributed by atoms with Gasteiger partial charge in [-0.25, -0.2) is 0 Å². The van der Waals surface area contributed by atoms with Gasteiger partial charge in [-0.1, -0.05) is 43.7 Å². The molecule has 4 nitrogen and oxygen atoms in total. The van der Waals surface area contributed by atoms with Crippen molar-refractivity contribution in [3.63, 3.8) is 0 Å². The van der Waals surface area contributed by atoms with Crippen LogP contribution in [0.15, 0.2) is 59.7 Å². The fourth-order valence-corrected chi connectivity index (χ4v) is 2.09. The maximum atomic E-state index is 5.63. The van der Waals surface area contributed by atoms with Gasteiger partial charge in [0.1, 0.15) is 5.75 Å². The maximum absolute atomic E-state index is 5.63. The van der Waals surface area contributed by atoms with Gasteiger partial charge >= 0.3 is 0 Å². The van der Waals surface area contributed by atoms with Crippen molar-refractivity contribution in [3.8, 4) is 5.75 Å². The van der Waals surface area contributed by atoms with E-state index in [0.29, 0.717) is 11.7 Å². The lowest BCUT2D eigenvalue weighted by atomic mass is 10.2. The number of hydrazone groups is 1. The van der Waals surface area contributed by atoms with E-state index in [1.165, 1.54) is 5.56 Å². The molecule has 0 bridgehead atoms. The van der Waals surface area contributed by atoms with E-state index in [1.54, 1.807) is 6.21 Å². The molecule has 2 rings (SSSR count). The number of hydrogen-bond acceptors (Lipinski definition) is 3. The van der Waals surface area contributed by atoms with Crippen LogP contribution in [-0.4, -0.2) is 17.9 Å². The molecule has 0 heterocycles. The predicted molar refractivity (Wildman–Crippen MR) is 103 cm³/mol. The van der Waals surface area contributed by atoms with Crippen LogP contribution in [0.1, 0.15) is 30.9 Å². The minimum absolute atomic E-state index is 0.495. The van der Waals surface area contributed by atoms with Gasteiger partial charge < -0.3 is 10.1 Å². The van der Waals surface area contributed by atoms with Crippen molar-refractivity contribution in [2.75, 3.05) is 6.61 Å². The maximum Gasteiger partial charge on any atom is 0.187 e. The first kappa shape index (κ1) is 17.9. The Hall–Kier alpha value is -2.40. The first-order valence-corrected chi connectivity index (χ1v) is 8.52. The predicted octanol–water partition coefficient (Wildman–Crippen LogP) is 3.86. The molecule has 2 N–H and O–H groups in total.